The Morgan fingerprint density at radius 3 is 1.94 bits per heavy atom. The Labute approximate surface area is 103 Å². The highest BCUT2D eigenvalue weighted by Crippen LogP contribution is 2.33. The molecule has 0 fully saturated rings. The number of nitrogens with one attached hydrogen (secondary N) is 1. The fourth-order valence-electron chi connectivity index (χ4n) is 2.14. The van der Waals surface area contributed by atoms with Crippen LogP contribution in [-0.4, -0.2) is 19.5 Å². The van der Waals surface area contributed by atoms with Crippen LogP contribution in [0, 0.1) is 27.7 Å². The summed E-state index contributed by atoms with van der Waals surface area (Å²) < 4.78 is 32.1. The lowest BCUT2D eigenvalue weighted by molar-refractivity contribution is 0.482. The van der Waals surface area contributed by atoms with Gasteiger partial charge in [0, 0.05) is 12.2 Å². The molecule has 0 aliphatic carbocycles. The molecule has 0 unspecified atom stereocenters. The Bertz CT molecular complexity index is 548. The summed E-state index contributed by atoms with van der Waals surface area (Å²) in [4.78, 5) is 0.0246. The van der Waals surface area contributed by atoms with Crippen molar-refractivity contribution in [3.8, 4) is 0 Å². The van der Waals surface area contributed by atoms with Crippen LogP contribution in [0.1, 0.15) is 29.2 Å². The molecule has 1 aromatic rings. The summed E-state index contributed by atoms with van der Waals surface area (Å²) in [6.07, 6.45) is 0. The average molecular weight is 257 g/mol. The van der Waals surface area contributed by atoms with Crippen molar-refractivity contribution in [3.05, 3.63) is 22.3 Å². The SMILES string of the molecule is CCNc1c(C)c(C)c(C)c(S(=O)(=O)O)c1C. The van der Waals surface area contributed by atoms with Crippen LogP contribution >= 0.6 is 0 Å². The highest BCUT2D eigenvalue weighted by molar-refractivity contribution is 7.86. The zero-order chi connectivity index (χ0) is 13.4. The molecule has 5 heteroatoms. The molecule has 17 heavy (non-hydrogen) atoms. The summed E-state index contributed by atoms with van der Waals surface area (Å²) in [6.45, 7) is 9.88. The molecular formula is C12H19NO3S. The first kappa shape index (κ1) is 14.0. The van der Waals surface area contributed by atoms with Crippen LogP contribution in [0.5, 0.6) is 0 Å². The zero-order valence-electron chi connectivity index (χ0n) is 10.9. The fourth-order valence-corrected chi connectivity index (χ4v) is 3.17. The van der Waals surface area contributed by atoms with Crippen molar-refractivity contribution in [3.63, 3.8) is 0 Å². The number of rotatable bonds is 3. The predicted molar refractivity (Wildman–Crippen MR) is 69.4 cm³/mol. The third kappa shape index (κ3) is 2.45. The molecule has 0 aliphatic rings. The second kappa shape index (κ2) is 4.66. The van der Waals surface area contributed by atoms with Gasteiger partial charge in [-0.15, -0.1) is 0 Å². The first-order valence-electron chi connectivity index (χ1n) is 5.53. The van der Waals surface area contributed by atoms with Gasteiger partial charge < -0.3 is 5.32 Å². The molecule has 1 rings (SSSR count). The maximum atomic E-state index is 11.4. The van der Waals surface area contributed by atoms with E-state index in [-0.39, 0.29) is 4.90 Å². The summed E-state index contributed by atoms with van der Waals surface area (Å²) in [5.41, 5.74) is 3.90. The molecule has 4 nitrogen and oxygen atoms in total. The van der Waals surface area contributed by atoms with Gasteiger partial charge in [0.1, 0.15) is 4.90 Å². The van der Waals surface area contributed by atoms with E-state index in [4.69, 9.17) is 0 Å². The van der Waals surface area contributed by atoms with E-state index in [0.717, 1.165) is 16.8 Å². The standard InChI is InChI=1S/C12H19NO3S/c1-6-13-11-8(3)7(2)9(4)12(10(11)5)17(14,15)16/h13H,6H2,1-5H3,(H,14,15,16). The molecule has 0 atom stereocenters. The summed E-state index contributed by atoms with van der Waals surface area (Å²) >= 11 is 0. The van der Waals surface area contributed by atoms with Crippen LogP contribution in [0.3, 0.4) is 0 Å². The molecule has 0 bridgehead atoms. The van der Waals surface area contributed by atoms with Crippen LogP contribution in [0.25, 0.3) is 0 Å². The quantitative estimate of drug-likeness (QED) is 0.817. The summed E-state index contributed by atoms with van der Waals surface area (Å²) in [5.74, 6) is 0. The van der Waals surface area contributed by atoms with Crippen molar-refractivity contribution >= 4 is 15.8 Å². The zero-order valence-corrected chi connectivity index (χ0v) is 11.7. The second-order valence-corrected chi connectivity index (χ2v) is 5.57. The van der Waals surface area contributed by atoms with Gasteiger partial charge in [-0.05, 0) is 56.9 Å². The minimum Gasteiger partial charge on any atom is -0.385 e. The number of hydrogen-bond donors (Lipinski definition) is 2. The van der Waals surface area contributed by atoms with Gasteiger partial charge in [-0.1, -0.05) is 0 Å². The van der Waals surface area contributed by atoms with Gasteiger partial charge in [0.2, 0.25) is 0 Å². The monoisotopic (exact) mass is 257 g/mol. The molecule has 0 radical (unpaired) electrons. The van der Waals surface area contributed by atoms with Crippen molar-refractivity contribution in [2.75, 3.05) is 11.9 Å². The fraction of sp³-hybridized carbons (Fsp3) is 0.500. The average Bonchev–Trinajstić information content (AvgIpc) is 2.19. The van der Waals surface area contributed by atoms with E-state index in [1.54, 1.807) is 13.8 Å². The molecule has 1 aromatic carbocycles. The van der Waals surface area contributed by atoms with Gasteiger partial charge in [-0.3, -0.25) is 4.55 Å². The van der Waals surface area contributed by atoms with Gasteiger partial charge in [0.15, 0.2) is 0 Å². The third-order valence-electron chi connectivity index (χ3n) is 3.17. The molecule has 0 heterocycles. The summed E-state index contributed by atoms with van der Waals surface area (Å²) in [7, 11) is -4.18. The molecular weight excluding hydrogens is 238 g/mol. The molecule has 96 valence electrons. The van der Waals surface area contributed by atoms with Crippen LogP contribution in [0.2, 0.25) is 0 Å². The third-order valence-corrected chi connectivity index (χ3v) is 4.30. The predicted octanol–water partition coefficient (Wildman–Crippen LogP) is 2.60. The largest absolute Gasteiger partial charge is 0.385 e. The smallest absolute Gasteiger partial charge is 0.295 e. The maximum absolute atomic E-state index is 11.4. The van der Waals surface area contributed by atoms with E-state index in [2.05, 4.69) is 5.32 Å². The Balaban J connectivity index is 3.74. The molecule has 0 saturated heterocycles. The van der Waals surface area contributed by atoms with Crippen molar-refractivity contribution in [2.45, 2.75) is 39.5 Å². The van der Waals surface area contributed by atoms with E-state index in [1.807, 2.05) is 20.8 Å². The van der Waals surface area contributed by atoms with Crippen molar-refractivity contribution < 1.29 is 13.0 Å². The lowest BCUT2D eigenvalue weighted by Gasteiger charge is -2.19. The highest BCUT2D eigenvalue weighted by Gasteiger charge is 2.22. The Hall–Kier alpha value is -1.07. The van der Waals surface area contributed by atoms with E-state index >= 15 is 0 Å². The van der Waals surface area contributed by atoms with Crippen molar-refractivity contribution in [1.29, 1.82) is 0 Å². The molecule has 0 saturated carbocycles. The Morgan fingerprint density at radius 1 is 1.00 bits per heavy atom. The van der Waals surface area contributed by atoms with E-state index in [0.29, 0.717) is 17.7 Å². The van der Waals surface area contributed by atoms with Crippen LogP contribution < -0.4 is 5.32 Å². The van der Waals surface area contributed by atoms with Gasteiger partial charge in [-0.2, -0.15) is 8.42 Å². The number of anilines is 1. The molecule has 2 N–H and O–H groups in total. The maximum Gasteiger partial charge on any atom is 0.295 e. The summed E-state index contributed by atoms with van der Waals surface area (Å²) in [5, 5.41) is 3.15. The van der Waals surface area contributed by atoms with Crippen LogP contribution in [0.4, 0.5) is 5.69 Å². The minimum absolute atomic E-state index is 0.0246. The lowest BCUT2D eigenvalue weighted by atomic mass is 9.98. The molecule has 0 spiro atoms. The normalized spacial score (nSPS) is 11.6. The van der Waals surface area contributed by atoms with Gasteiger partial charge in [0.25, 0.3) is 10.1 Å². The van der Waals surface area contributed by atoms with Gasteiger partial charge >= 0.3 is 0 Å². The summed E-state index contributed by atoms with van der Waals surface area (Å²) in [6, 6.07) is 0. The van der Waals surface area contributed by atoms with Gasteiger partial charge in [-0.25, -0.2) is 0 Å². The topological polar surface area (TPSA) is 66.4 Å². The highest BCUT2D eigenvalue weighted by atomic mass is 32.2. The Morgan fingerprint density at radius 2 is 1.53 bits per heavy atom. The van der Waals surface area contributed by atoms with Crippen molar-refractivity contribution in [1.82, 2.24) is 0 Å². The first-order chi connectivity index (χ1) is 7.71. The molecule has 0 aliphatic heterocycles. The van der Waals surface area contributed by atoms with E-state index in [9.17, 15) is 13.0 Å². The lowest BCUT2D eigenvalue weighted by Crippen LogP contribution is -2.11. The van der Waals surface area contributed by atoms with Gasteiger partial charge in [0.05, 0.1) is 0 Å². The van der Waals surface area contributed by atoms with E-state index < -0.39 is 10.1 Å². The minimum atomic E-state index is -4.18. The molecule has 0 aromatic heterocycles. The first-order valence-corrected chi connectivity index (χ1v) is 6.97. The van der Waals surface area contributed by atoms with Crippen molar-refractivity contribution in [2.24, 2.45) is 0 Å². The Kier molecular flexibility index (Phi) is 3.84. The number of hydrogen-bond acceptors (Lipinski definition) is 3. The van der Waals surface area contributed by atoms with Crippen LogP contribution in [-0.2, 0) is 10.1 Å². The second-order valence-electron chi connectivity index (χ2n) is 4.21. The van der Waals surface area contributed by atoms with Crippen LogP contribution in [0.15, 0.2) is 4.90 Å². The van der Waals surface area contributed by atoms with E-state index in [1.165, 1.54) is 0 Å². The number of benzene rings is 1. The molecule has 0 amide bonds.